The van der Waals surface area contributed by atoms with Gasteiger partial charge in [0.2, 0.25) is 0 Å². The molecule has 1 heterocycles. The van der Waals surface area contributed by atoms with Gasteiger partial charge in [0.1, 0.15) is 12.2 Å². The lowest BCUT2D eigenvalue weighted by Gasteiger charge is -2.34. The topological polar surface area (TPSA) is 76.2 Å². The number of anilines is 2. The molecule has 1 fully saturated rings. The Kier molecular flexibility index (Phi) is 8.42. The van der Waals surface area contributed by atoms with E-state index >= 15 is 0 Å². The SMILES string of the molecule is CCOc1cc(C=C2C(=O)N(c3ccccc3)C(=O)N(c3ccccc3)C2=O)cc(I)c1OCc1ccc2ccccc2c1. The van der Waals surface area contributed by atoms with Gasteiger partial charge < -0.3 is 9.47 Å². The quantitative estimate of drug-likeness (QED) is 0.0935. The van der Waals surface area contributed by atoms with Gasteiger partial charge in [0.15, 0.2) is 11.5 Å². The molecule has 0 spiro atoms. The summed E-state index contributed by atoms with van der Waals surface area (Å²) in [6.07, 6.45) is 1.50. The maximum absolute atomic E-state index is 13.8. The van der Waals surface area contributed by atoms with Crippen molar-refractivity contribution in [3.05, 3.63) is 136 Å². The second-order valence-electron chi connectivity index (χ2n) is 10.0. The summed E-state index contributed by atoms with van der Waals surface area (Å²) in [7, 11) is 0. The molecular weight excluding hydrogens is 667 g/mol. The van der Waals surface area contributed by atoms with Crippen LogP contribution in [0.4, 0.5) is 16.2 Å². The Morgan fingerprint density at radius 1 is 0.682 bits per heavy atom. The number of rotatable bonds is 8. The van der Waals surface area contributed by atoms with Crippen LogP contribution in [0.2, 0.25) is 0 Å². The van der Waals surface area contributed by atoms with Gasteiger partial charge in [-0.1, -0.05) is 72.8 Å². The number of carbonyl (C=O) groups excluding carboxylic acids is 3. The number of carbonyl (C=O) groups is 3. The Labute approximate surface area is 268 Å². The third-order valence-corrected chi connectivity index (χ3v) is 7.92. The highest BCUT2D eigenvalue weighted by Crippen LogP contribution is 2.37. The molecule has 0 unspecified atom stereocenters. The van der Waals surface area contributed by atoms with E-state index in [1.807, 2.05) is 31.2 Å². The molecule has 1 aliphatic heterocycles. The monoisotopic (exact) mass is 694 g/mol. The summed E-state index contributed by atoms with van der Waals surface area (Å²) in [5.74, 6) is -0.360. The van der Waals surface area contributed by atoms with E-state index in [0.717, 1.165) is 29.7 Å². The molecule has 5 aromatic carbocycles. The largest absolute Gasteiger partial charge is 0.490 e. The number of hydrogen-bond acceptors (Lipinski definition) is 5. The van der Waals surface area contributed by atoms with E-state index in [4.69, 9.17) is 9.47 Å². The fourth-order valence-electron chi connectivity index (χ4n) is 5.06. The van der Waals surface area contributed by atoms with E-state index in [0.29, 0.717) is 41.7 Å². The molecule has 5 aromatic rings. The Hall–Kier alpha value is -4.96. The minimum atomic E-state index is -0.739. The first-order valence-corrected chi connectivity index (χ1v) is 15.1. The van der Waals surface area contributed by atoms with E-state index in [1.54, 1.807) is 66.7 Å². The van der Waals surface area contributed by atoms with Crippen LogP contribution < -0.4 is 19.3 Å². The molecule has 0 aromatic heterocycles. The van der Waals surface area contributed by atoms with Crippen LogP contribution in [-0.2, 0) is 16.2 Å². The fraction of sp³-hybridized carbons (Fsp3) is 0.0833. The second kappa shape index (κ2) is 12.7. The van der Waals surface area contributed by atoms with E-state index in [9.17, 15) is 14.4 Å². The normalized spacial score (nSPS) is 13.4. The summed E-state index contributed by atoms with van der Waals surface area (Å²) < 4.78 is 13.0. The molecule has 0 bridgehead atoms. The predicted molar refractivity (Wildman–Crippen MR) is 180 cm³/mol. The fourth-order valence-corrected chi connectivity index (χ4v) is 5.85. The van der Waals surface area contributed by atoms with Gasteiger partial charge in [0.05, 0.1) is 21.6 Å². The molecule has 0 aliphatic carbocycles. The first-order chi connectivity index (χ1) is 21.4. The molecule has 1 saturated heterocycles. The first kappa shape index (κ1) is 29.1. The molecule has 6 rings (SSSR count). The van der Waals surface area contributed by atoms with Crippen molar-refractivity contribution in [1.82, 2.24) is 0 Å². The molecule has 218 valence electrons. The molecule has 8 heteroatoms. The summed E-state index contributed by atoms with van der Waals surface area (Å²) in [4.78, 5) is 43.2. The lowest BCUT2D eigenvalue weighted by atomic mass is 10.0. The lowest BCUT2D eigenvalue weighted by Crippen LogP contribution is -2.57. The van der Waals surface area contributed by atoms with Crippen LogP contribution in [0, 0.1) is 3.57 Å². The highest BCUT2D eigenvalue weighted by Gasteiger charge is 2.43. The molecule has 1 aliphatic rings. The molecule has 0 radical (unpaired) electrons. The summed E-state index contributed by atoms with van der Waals surface area (Å²) >= 11 is 2.16. The number of fused-ring (bicyclic) bond motifs is 1. The van der Waals surface area contributed by atoms with Gasteiger partial charge in [0.25, 0.3) is 11.8 Å². The number of barbiturate groups is 1. The Morgan fingerprint density at radius 2 is 1.27 bits per heavy atom. The van der Waals surface area contributed by atoms with Crippen molar-refractivity contribution < 1.29 is 23.9 Å². The van der Waals surface area contributed by atoms with Crippen LogP contribution in [-0.4, -0.2) is 24.5 Å². The zero-order chi connectivity index (χ0) is 30.6. The van der Waals surface area contributed by atoms with Gasteiger partial charge in [-0.05, 0) is 100.0 Å². The summed E-state index contributed by atoms with van der Waals surface area (Å²) in [6, 6.07) is 34.3. The highest BCUT2D eigenvalue weighted by atomic mass is 127. The highest BCUT2D eigenvalue weighted by molar-refractivity contribution is 14.1. The van der Waals surface area contributed by atoms with Gasteiger partial charge in [-0.2, -0.15) is 0 Å². The molecular formula is C36H27IN2O5. The molecule has 44 heavy (non-hydrogen) atoms. The molecule has 0 N–H and O–H groups in total. The van der Waals surface area contributed by atoms with Crippen LogP contribution in [0.1, 0.15) is 18.1 Å². The first-order valence-electron chi connectivity index (χ1n) is 14.1. The van der Waals surface area contributed by atoms with Crippen molar-refractivity contribution in [2.45, 2.75) is 13.5 Å². The van der Waals surface area contributed by atoms with Crippen molar-refractivity contribution in [3.63, 3.8) is 0 Å². The standard InChI is InChI=1S/C36H27IN2O5/c1-2-43-32-22-25(21-31(37)33(32)44-23-24-17-18-26-11-9-10-12-27(26)19-24)20-30-34(40)38(28-13-5-3-6-14-28)36(42)39(35(30)41)29-15-7-4-8-16-29/h3-22H,2,23H2,1H3. The number of para-hydroxylation sites is 2. The number of benzene rings is 5. The predicted octanol–water partition coefficient (Wildman–Crippen LogP) is 8.01. The molecule has 0 atom stereocenters. The number of amides is 4. The third-order valence-electron chi connectivity index (χ3n) is 7.12. The van der Waals surface area contributed by atoms with Crippen molar-refractivity contribution >= 4 is 68.7 Å². The minimum Gasteiger partial charge on any atom is -0.490 e. The van der Waals surface area contributed by atoms with Crippen LogP contribution in [0.25, 0.3) is 16.8 Å². The Morgan fingerprint density at radius 3 is 1.89 bits per heavy atom. The molecule has 0 saturated carbocycles. The van der Waals surface area contributed by atoms with Crippen LogP contribution in [0.15, 0.2) is 121 Å². The lowest BCUT2D eigenvalue weighted by molar-refractivity contribution is -0.121. The van der Waals surface area contributed by atoms with E-state index < -0.39 is 17.8 Å². The number of imide groups is 2. The zero-order valence-corrected chi connectivity index (χ0v) is 25.9. The average Bonchev–Trinajstić information content (AvgIpc) is 3.04. The van der Waals surface area contributed by atoms with Gasteiger partial charge in [-0.3, -0.25) is 9.59 Å². The van der Waals surface area contributed by atoms with Gasteiger partial charge in [-0.25, -0.2) is 14.6 Å². The average molecular weight is 695 g/mol. The number of urea groups is 1. The van der Waals surface area contributed by atoms with Crippen molar-refractivity contribution in [3.8, 4) is 11.5 Å². The molecule has 4 amide bonds. The summed E-state index contributed by atoms with van der Waals surface area (Å²) in [6.45, 7) is 2.59. The Balaban J connectivity index is 1.36. The summed E-state index contributed by atoms with van der Waals surface area (Å²) in [5, 5.41) is 2.29. The van der Waals surface area contributed by atoms with E-state index in [2.05, 4.69) is 46.9 Å². The third kappa shape index (κ3) is 5.80. The summed E-state index contributed by atoms with van der Waals surface area (Å²) in [5.41, 5.74) is 2.15. The van der Waals surface area contributed by atoms with E-state index in [1.165, 1.54) is 6.08 Å². The van der Waals surface area contributed by atoms with Crippen LogP contribution in [0.5, 0.6) is 11.5 Å². The van der Waals surface area contributed by atoms with Crippen molar-refractivity contribution in [2.24, 2.45) is 0 Å². The maximum Gasteiger partial charge on any atom is 0.343 e. The molecule has 7 nitrogen and oxygen atoms in total. The van der Waals surface area contributed by atoms with Crippen LogP contribution >= 0.6 is 22.6 Å². The van der Waals surface area contributed by atoms with E-state index in [-0.39, 0.29) is 5.57 Å². The maximum atomic E-state index is 13.8. The number of halogens is 1. The van der Waals surface area contributed by atoms with Crippen molar-refractivity contribution in [1.29, 1.82) is 0 Å². The van der Waals surface area contributed by atoms with Crippen molar-refractivity contribution in [2.75, 3.05) is 16.4 Å². The number of ether oxygens (including phenoxy) is 2. The minimum absolute atomic E-state index is 0.152. The number of hydrogen-bond donors (Lipinski definition) is 0. The van der Waals surface area contributed by atoms with Gasteiger partial charge in [-0.15, -0.1) is 0 Å². The van der Waals surface area contributed by atoms with Crippen LogP contribution in [0.3, 0.4) is 0 Å². The smallest absolute Gasteiger partial charge is 0.343 e. The number of nitrogens with zero attached hydrogens (tertiary/aromatic N) is 2. The zero-order valence-electron chi connectivity index (χ0n) is 23.8. The second-order valence-corrected chi connectivity index (χ2v) is 11.2. The van der Waals surface area contributed by atoms with Gasteiger partial charge >= 0.3 is 6.03 Å². The Bertz CT molecular complexity index is 1840. The van der Waals surface area contributed by atoms with Gasteiger partial charge in [0, 0.05) is 0 Å².